The summed E-state index contributed by atoms with van der Waals surface area (Å²) < 4.78 is 0. The maximum atomic E-state index is 9.86. The highest BCUT2D eigenvalue weighted by molar-refractivity contribution is 5.47. The first kappa shape index (κ1) is 7.54. The Labute approximate surface area is 60.4 Å². The molecular formula is C7H12NO2. The second kappa shape index (κ2) is 3.56. The summed E-state index contributed by atoms with van der Waals surface area (Å²) in [7, 11) is 0. The van der Waals surface area contributed by atoms with Crippen LogP contribution in [0.1, 0.15) is 25.7 Å². The molecule has 3 nitrogen and oxygen atoms in total. The summed E-state index contributed by atoms with van der Waals surface area (Å²) in [6, 6.07) is 0.154. The minimum absolute atomic E-state index is 0.154. The second-order valence-electron chi connectivity index (χ2n) is 2.76. The van der Waals surface area contributed by atoms with Gasteiger partial charge in [0.25, 0.3) is 0 Å². The van der Waals surface area contributed by atoms with Gasteiger partial charge in [0.2, 0.25) is 0 Å². The third-order valence-electron chi connectivity index (χ3n) is 1.91. The van der Waals surface area contributed by atoms with Gasteiger partial charge in [0, 0.05) is 6.04 Å². The van der Waals surface area contributed by atoms with Gasteiger partial charge < -0.3 is 10.4 Å². The van der Waals surface area contributed by atoms with Crippen molar-refractivity contribution in [3.05, 3.63) is 0 Å². The van der Waals surface area contributed by atoms with E-state index in [1.807, 2.05) is 0 Å². The van der Waals surface area contributed by atoms with E-state index < -0.39 is 0 Å². The molecule has 1 aliphatic rings. The monoisotopic (exact) mass is 142 g/mol. The lowest BCUT2D eigenvalue weighted by Crippen LogP contribution is -2.34. The fraction of sp³-hybridized carbons (Fsp3) is 0.857. The van der Waals surface area contributed by atoms with E-state index in [9.17, 15) is 4.79 Å². The van der Waals surface area contributed by atoms with Gasteiger partial charge in [-0.2, -0.15) is 0 Å². The molecule has 2 atom stereocenters. The van der Waals surface area contributed by atoms with Crippen molar-refractivity contribution in [1.29, 1.82) is 0 Å². The van der Waals surface area contributed by atoms with Crippen molar-refractivity contribution in [2.24, 2.45) is 0 Å². The van der Waals surface area contributed by atoms with Crippen molar-refractivity contribution >= 4 is 6.41 Å². The minimum atomic E-state index is -0.223. The average Bonchev–Trinajstić information content (AvgIpc) is 1.88. The first-order valence-corrected chi connectivity index (χ1v) is 3.63. The van der Waals surface area contributed by atoms with E-state index in [4.69, 9.17) is 5.11 Å². The number of aliphatic hydroxyl groups excluding tert-OH is 1. The maximum absolute atomic E-state index is 9.86. The molecule has 1 saturated carbocycles. The Bertz CT molecular complexity index is 116. The number of nitrogens with one attached hydrogen (secondary N) is 1. The summed E-state index contributed by atoms with van der Waals surface area (Å²) in [6.45, 7) is 0. The smallest absolute Gasteiger partial charge is 0.309 e. The highest BCUT2D eigenvalue weighted by atomic mass is 16.3. The average molecular weight is 142 g/mol. The molecule has 1 rings (SSSR count). The maximum Gasteiger partial charge on any atom is 0.309 e. The summed E-state index contributed by atoms with van der Waals surface area (Å²) in [5.74, 6) is 0. The molecule has 0 aliphatic heterocycles. The van der Waals surface area contributed by atoms with Crippen LogP contribution in [0.4, 0.5) is 0 Å². The number of hydrogen-bond donors (Lipinski definition) is 2. The molecule has 0 heterocycles. The van der Waals surface area contributed by atoms with Gasteiger partial charge in [0.1, 0.15) is 0 Å². The molecular weight excluding hydrogens is 130 g/mol. The van der Waals surface area contributed by atoms with Crippen LogP contribution in [0.25, 0.3) is 0 Å². The van der Waals surface area contributed by atoms with Gasteiger partial charge in [-0.25, -0.2) is 0 Å². The zero-order valence-corrected chi connectivity index (χ0v) is 5.84. The van der Waals surface area contributed by atoms with Crippen LogP contribution in [-0.2, 0) is 4.79 Å². The SMILES string of the molecule is O=[C]NC1CCCC(O)C1. The zero-order chi connectivity index (χ0) is 7.40. The molecule has 0 aromatic carbocycles. The van der Waals surface area contributed by atoms with Crippen molar-refractivity contribution in [3.8, 4) is 0 Å². The van der Waals surface area contributed by atoms with Crippen LogP contribution in [0, 0.1) is 0 Å². The molecule has 0 spiro atoms. The summed E-state index contributed by atoms with van der Waals surface area (Å²) in [5, 5.41) is 11.7. The molecule has 2 unspecified atom stereocenters. The molecule has 0 aromatic heterocycles. The van der Waals surface area contributed by atoms with Crippen LogP contribution in [0.3, 0.4) is 0 Å². The molecule has 3 heteroatoms. The first-order valence-electron chi connectivity index (χ1n) is 3.63. The number of hydrogen-bond acceptors (Lipinski definition) is 2. The minimum Gasteiger partial charge on any atom is -0.393 e. The summed E-state index contributed by atoms with van der Waals surface area (Å²) in [5.41, 5.74) is 0. The van der Waals surface area contributed by atoms with E-state index in [2.05, 4.69) is 5.32 Å². The molecule has 1 fully saturated rings. The molecule has 2 N–H and O–H groups in total. The first-order chi connectivity index (χ1) is 4.83. The van der Waals surface area contributed by atoms with Crippen LogP contribution in [0.2, 0.25) is 0 Å². The van der Waals surface area contributed by atoms with E-state index in [0.29, 0.717) is 6.42 Å². The number of rotatable bonds is 2. The van der Waals surface area contributed by atoms with E-state index in [1.165, 1.54) is 0 Å². The fourth-order valence-electron chi connectivity index (χ4n) is 1.38. The van der Waals surface area contributed by atoms with Gasteiger partial charge >= 0.3 is 6.41 Å². The molecule has 10 heavy (non-hydrogen) atoms. The number of carbonyl (C=O) groups excluding carboxylic acids is 1. The van der Waals surface area contributed by atoms with E-state index in [1.54, 1.807) is 6.41 Å². The van der Waals surface area contributed by atoms with Gasteiger partial charge in [-0.15, -0.1) is 0 Å². The predicted octanol–water partition coefficient (Wildman–Crippen LogP) is -0.0533. The lowest BCUT2D eigenvalue weighted by molar-refractivity contribution is 0.116. The highest BCUT2D eigenvalue weighted by Crippen LogP contribution is 2.17. The van der Waals surface area contributed by atoms with Gasteiger partial charge in [-0.1, -0.05) is 0 Å². The van der Waals surface area contributed by atoms with Gasteiger partial charge in [-0.05, 0) is 25.7 Å². The Morgan fingerprint density at radius 1 is 1.50 bits per heavy atom. The van der Waals surface area contributed by atoms with Crippen LogP contribution in [0.15, 0.2) is 0 Å². The molecule has 1 radical (unpaired) electrons. The molecule has 0 saturated heterocycles. The van der Waals surface area contributed by atoms with Gasteiger partial charge in [0.15, 0.2) is 0 Å². The molecule has 1 amide bonds. The standard InChI is InChI=1S/C7H12NO2/c9-5-8-6-2-1-3-7(10)4-6/h6-7,10H,1-4H2,(H,8,9). The van der Waals surface area contributed by atoms with Gasteiger partial charge in [0.05, 0.1) is 6.10 Å². The van der Waals surface area contributed by atoms with Crippen molar-refractivity contribution in [2.75, 3.05) is 0 Å². The largest absolute Gasteiger partial charge is 0.393 e. The zero-order valence-electron chi connectivity index (χ0n) is 5.84. The van der Waals surface area contributed by atoms with E-state index >= 15 is 0 Å². The Morgan fingerprint density at radius 3 is 2.90 bits per heavy atom. The summed E-state index contributed by atoms with van der Waals surface area (Å²) in [6.07, 6.45) is 4.97. The molecule has 0 aromatic rings. The van der Waals surface area contributed by atoms with Crippen molar-refractivity contribution in [3.63, 3.8) is 0 Å². The third-order valence-corrected chi connectivity index (χ3v) is 1.91. The van der Waals surface area contributed by atoms with Crippen LogP contribution < -0.4 is 5.32 Å². The summed E-state index contributed by atoms with van der Waals surface area (Å²) in [4.78, 5) is 9.86. The topological polar surface area (TPSA) is 49.3 Å². The van der Waals surface area contributed by atoms with Crippen LogP contribution in [-0.4, -0.2) is 23.7 Å². The van der Waals surface area contributed by atoms with Crippen LogP contribution >= 0.6 is 0 Å². The molecule has 1 aliphatic carbocycles. The third kappa shape index (κ3) is 1.99. The fourth-order valence-corrected chi connectivity index (χ4v) is 1.38. The van der Waals surface area contributed by atoms with E-state index in [-0.39, 0.29) is 12.1 Å². The Balaban J connectivity index is 2.24. The molecule has 0 bridgehead atoms. The molecule has 57 valence electrons. The lowest BCUT2D eigenvalue weighted by Gasteiger charge is -2.24. The number of amides is 1. The van der Waals surface area contributed by atoms with Crippen molar-refractivity contribution < 1.29 is 9.90 Å². The second-order valence-corrected chi connectivity index (χ2v) is 2.76. The highest BCUT2D eigenvalue weighted by Gasteiger charge is 2.18. The van der Waals surface area contributed by atoms with Crippen molar-refractivity contribution in [2.45, 2.75) is 37.8 Å². The predicted molar refractivity (Wildman–Crippen MR) is 37.1 cm³/mol. The Hall–Kier alpha value is -0.570. The Kier molecular flexibility index (Phi) is 2.68. The Morgan fingerprint density at radius 2 is 2.30 bits per heavy atom. The lowest BCUT2D eigenvalue weighted by atomic mass is 9.93. The van der Waals surface area contributed by atoms with Crippen LogP contribution in [0.5, 0.6) is 0 Å². The normalized spacial score (nSPS) is 33.3. The van der Waals surface area contributed by atoms with Gasteiger partial charge in [-0.3, -0.25) is 4.79 Å². The summed E-state index contributed by atoms with van der Waals surface area (Å²) >= 11 is 0. The van der Waals surface area contributed by atoms with Crippen molar-refractivity contribution in [1.82, 2.24) is 5.32 Å². The number of aliphatic hydroxyl groups is 1. The quantitative estimate of drug-likeness (QED) is 0.531. The van der Waals surface area contributed by atoms with E-state index in [0.717, 1.165) is 19.3 Å².